The average molecular weight is 259 g/mol. The van der Waals surface area contributed by atoms with Crippen LogP contribution in [0.25, 0.3) is 0 Å². The second kappa shape index (κ2) is 10.3. The van der Waals surface area contributed by atoms with Crippen LogP contribution in [-0.2, 0) is 14.3 Å². The molecule has 0 rings (SSSR count). The Balaban J connectivity index is 3.38. The van der Waals surface area contributed by atoms with Gasteiger partial charge in [-0.1, -0.05) is 20.3 Å². The highest BCUT2D eigenvalue weighted by molar-refractivity contribution is 5.69. The number of hydrogen-bond acceptors (Lipinski definition) is 4. The standard InChI is InChI=1S/C14H29NO3/c1-4-14(15,5-2)12-17-11-9-7-8-10-13(16)18-6-3/h4-12,15H2,1-3H3. The highest BCUT2D eigenvalue weighted by atomic mass is 16.5. The van der Waals surface area contributed by atoms with Crippen molar-refractivity contribution >= 4 is 5.97 Å². The molecule has 0 aromatic rings. The molecule has 0 radical (unpaired) electrons. The minimum atomic E-state index is -0.176. The number of ether oxygens (including phenoxy) is 2. The Bertz CT molecular complexity index is 215. The van der Waals surface area contributed by atoms with Gasteiger partial charge in [-0.2, -0.15) is 0 Å². The van der Waals surface area contributed by atoms with Gasteiger partial charge < -0.3 is 15.2 Å². The molecule has 0 aliphatic rings. The van der Waals surface area contributed by atoms with Crippen molar-refractivity contribution in [1.29, 1.82) is 0 Å². The van der Waals surface area contributed by atoms with E-state index in [1.54, 1.807) is 0 Å². The Kier molecular flexibility index (Phi) is 9.98. The van der Waals surface area contributed by atoms with Crippen molar-refractivity contribution in [3.05, 3.63) is 0 Å². The van der Waals surface area contributed by atoms with Crippen LogP contribution in [0.3, 0.4) is 0 Å². The lowest BCUT2D eigenvalue weighted by Crippen LogP contribution is -2.43. The van der Waals surface area contributed by atoms with Crippen molar-refractivity contribution in [2.45, 2.75) is 64.8 Å². The molecular formula is C14H29NO3. The molecule has 0 saturated heterocycles. The van der Waals surface area contributed by atoms with E-state index < -0.39 is 0 Å². The van der Waals surface area contributed by atoms with Crippen LogP contribution in [0.1, 0.15) is 59.3 Å². The molecule has 0 atom stereocenters. The topological polar surface area (TPSA) is 61.5 Å². The lowest BCUT2D eigenvalue weighted by molar-refractivity contribution is -0.143. The molecule has 0 aliphatic carbocycles. The van der Waals surface area contributed by atoms with Gasteiger partial charge in [-0.05, 0) is 32.6 Å². The number of rotatable bonds is 11. The lowest BCUT2D eigenvalue weighted by atomic mass is 9.96. The smallest absolute Gasteiger partial charge is 0.305 e. The van der Waals surface area contributed by atoms with Crippen molar-refractivity contribution < 1.29 is 14.3 Å². The molecule has 0 amide bonds. The maximum absolute atomic E-state index is 11.1. The summed E-state index contributed by atoms with van der Waals surface area (Å²) in [5, 5.41) is 0. The van der Waals surface area contributed by atoms with Gasteiger partial charge in [0.2, 0.25) is 0 Å². The first-order valence-electron chi connectivity index (χ1n) is 7.10. The van der Waals surface area contributed by atoms with Crippen molar-refractivity contribution in [2.24, 2.45) is 5.73 Å². The fourth-order valence-corrected chi connectivity index (χ4v) is 1.61. The van der Waals surface area contributed by atoms with Crippen LogP contribution in [0, 0.1) is 0 Å². The number of unbranched alkanes of at least 4 members (excludes halogenated alkanes) is 2. The molecule has 0 aromatic heterocycles. The summed E-state index contributed by atoms with van der Waals surface area (Å²) in [5.41, 5.74) is 5.95. The zero-order valence-electron chi connectivity index (χ0n) is 12.2. The Hall–Kier alpha value is -0.610. The van der Waals surface area contributed by atoms with Gasteiger partial charge in [0.1, 0.15) is 0 Å². The Labute approximate surface area is 111 Å². The van der Waals surface area contributed by atoms with Crippen LogP contribution < -0.4 is 5.73 Å². The van der Waals surface area contributed by atoms with Crippen LogP contribution in [-0.4, -0.2) is 31.3 Å². The molecule has 18 heavy (non-hydrogen) atoms. The van der Waals surface area contributed by atoms with E-state index in [2.05, 4.69) is 13.8 Å². The fraction of sp³-hybridized carbons (Fsp3) is 0.929. The SMILES string of the molecule is CCOC(=O)CCCCCOCC(N)(CC)CC. The number of carbonyl (C=O) groups excluding carboxylic acids is 1. The van der Waals surface area contributed by atoms with Crippen LogP contribution >= 0.6 is 0 Å². The summed E-state index contributed by atoms with van der Waals surface area (Å²) in [5.74, 6) is -0.101. The Morgan fingerprint density at radius 1 is 1.11 bits per heavy atom. The molecule has 2 N–H and O–H groups in total. The van der Waals surface area contributed by atoms with Gasteiger partial charge in [-0.15, -0.1) is 0 Å². The molecule has 4 nitrogen and oxygen atoms in total. The highest BCUT2D eigenvalue weighted by Gasteiger charge is 2.19. The second-order valence-electron chi connectivity index (χ2n) is 4.74. The van der Waals surface area contributed by atoms with Gasteiger partial charge in [0.05, 0.1) is 13.2 Å². The molecule has 0 spiro atoms. The zero-order chi connectivity index (χ0) is 13.9. The predicted octanol–water partition coefficient (Wildman–Crippen LogP) is 2.64. The highest BCUT2D eigenvalue weighted by Crippen LogP contribution is 2.12. The van der Waals surface area contributed by atoms with Crippen molar-refractivity contribution in [3.63, 3.8) is 0 Å². The van der Waals surface area contributed by atoms with Crippen molar-refractivity contribution in [2.75, 3.05) is 19.8 Å². The maximum Gasteiger partial charge on any atom is 0.305 e. The second-order valence-corrected chi connectivity index (χ2v) is 4.74. The number of nitrogens with two attached hydrogens (primary N) is 1. The van der Waals surface area contributed by atoms with E-state index in [0.29, 0.717) is 19.6 Å². The van der Waals surface area contributed by atoms with E-state index in [1.165, 1.54) is 0 Å². The summed E-state index contributed by atoms with van der Waals surface area (Å²) in [6.07, 6.45) is 5.23. The molecule has 0 heterocycles. The predicted molar refractivity (Wildman–Crippen MR) is 73.4 cm³/mol. The van der Waals surface area contributed by atoms with Gasteiger partial charge in [-0.25, -0.2) is 0 Å². The normalized spacial score (nSPS) is 11.6. The largest absolute Gasteiger partial charge is 0.466 e. The Morgan fingerprint density at radius 3 is 2.33 bits per heavy atom. The zero-order valence-corrected chi connectivity index (χ0v) is 12.2. The number of esters is 1. The van der Waals surface area contributed by atoms with Crippen molar-refractivity contribution in [1.82, 2.24) is 0 Å². The van der Waals surface area contributed by atoms with Gasteiger partial charge in [-0.3, -0.25) is 4.79 Å². The monoisotopic (exact) mass is 259 g/mol. The summed E-state index contributed by atoms with van der Waals surface area (Å²) < 4.78 is 10.5. The minimum absolute atomic E-state index is 0.101. The average Bonchev–Trinajstić information content (AvgIpc) is 2.37. The van der Waals surface area contributed by atoms with Crippen LogP contribution in [0.15, 0.2) is 0 Å². The molecule has 0 fully saturated rings. The maximum atomic E-state index is 11.1. The first kappa shape index (κ1) is 17.4. The minimum Gasteiger partial charge on any atom is -0.466 e. The fourth-order valence-electron chi connectivity index (χ4n) is 1.61. The molecule has 4 heteroatoms. The molecule has 108 valence electrons. The summed E-state index contributed by atoms with van der Waals surface area (Å²) in [6, 6.07) is 0. The van der Waals surface area contributed by atoms with E-state index in [0.717, 1.165) is 38.7 Å². The van der Waals surface area contributed by atoms with E-state index in [4.69, 9.17) is 15.2 Å². The van der Waals surface area contributed by atoms with E-state index in [-0.39, 0.29) is 11.5 Å². The van der Waals surface area contributed by atoms with E-state index >= 15 is 0 Å². The first-order chi connectivity index (χ1) is 8.58. The summed E-state index contributed by atoms with van der Waals surface area (Å²) in [4.78, 5) is 11.1. The molecule has 0 aromatic carbocycles. The van der Waals surface area contributed by atoms with Gasteiger partial charge in [0, 0.05) is 18.6 Å². The quantitative estimate of drug-likeness (QED) is 0.458. The first-order valence-corrected chi connectivity index (χ1v) is 7.10. The molecule has 0 aliphatic heterocycles. The lowest BCUT2D eigenvalue weighted by Gasteiger charge is -2.26. The number of hydrogen-bond donors (Lipinski definition) is 1. The van der Waals surface area contributed by atoms with Gasteiger partial charge >= 0.3 is 5.97 Å². The van der Waals surface area contributed by atoms with Gasteiger partial charge in [0.25, 0.3) is 0 Å². The molecule has 0 saturated carbocycles. The van der Waals surface area contributed by atoms with Crippen LogP contribution in [0.2, 0.25) is 0 Å². The third kappa shape index (κ3) is 8.48. The van der Waals surface area contributed by atoms with Crippen molar-refractivity contribution in [3.8, 4) is 0 Å². The summed E-state index contributed by atoms with van der Waals surface area (Å²) in [6.45, 7) is 7.82. The van der Waals surface area contributed by atoms with Crippen LogP contribution in [0.5, 0.6) is 0 Å². The van der Waals surface area contributed by atoms with Gasteiger partial charge in [0.15, 0.2) is 0 Å². The summed E-state index contributed by atoms with van der Waals surface area (Å²) in [7, 11) is 0. The third-order valence-corrected chi connectivity index (χ3v) is 3.27. The molecule has 0 bridgehead atoms. The number of carbonyl (C=O) groups is 1. The molecule has 0 unspecified atom stereocenters. The molecular weight excluding hydrogens is 230 g/mol. The Morgan fingerprint density at radius 2 is 1.78 bits per heavy atom. The van der Waals surface area contributed by atoms with E-state index in [9.17, 15) is 4.79 Å². The van der Waals surface area contributed by atoms with Crippen LogP contribution in [0.4, 0.5) is 0 Å². The van der Waals surface area contributed by atoms with E-state index in [1.807, 2.05) is 6.92 Å². The third-order valence-electron chi connectivity index (χ3n) is 3.27. The summed E-state index contributed by atoms with van der Waals surface area (Å²) >= 11 is 0.